The highest BCUT2D eigenvalue weighted by molar-refractivity contribution is 7.09. The first-order chi connectivity index (χ1) is 9.65. The quantitative estimate of drug-likeness (QED) is 0.862. The van der Waals surface area contributed by atoms with Crippen molar-refractivity contribution in [3.63, 3.8) is 0 Å². The van der Waals surface area contributed by atoms with Crippen LogP contribution in [0.15, 0.2) is 35.7 Å². The molecule has 2 aromatic rings. The van der Waals surface area contributed by atoms with Gasteiger partial charge in [-0.3, -0.25) is 4.84 Å². The van der Waals surface area contributed by atoms with Crippen LogP contribution in [0.2, 0.25) is 0 Å². The average Bonchev–Trinajstić information content (AvgIpc) is 2.85. The third kappa shape index (κ3) is 4.32. The van der Waals surface area contributed by atoms with Crippen LogP contribution in [0.1, 0.15) is 16.3 Å². The first-order valence-electron chi connectivity index (χ1n) is 6.23. The Bertz CT molecular complexity index is 557. The van der Waals surface area contributed by atoms with E-state index in [1.54, 1.807) is 18.4 Å². The van der Waals surface area contributed by atoms with Gasteiger partial charge >= 0.3 is 6.03 Å². The molecule has 2 rings (SSSR count). The molecule has 1 aromatic heterocycles. The summed E-state index contributed by atoms with van der Waals surface area (Å²) in [5, 5.41) is 2.94. The second-order valence-corrected chi connectivity index (χ2v) is 5.46. The molecule has 0 radical (unpaired) electrons. The molecule has 0 atom stereocenters. The third-order valence-electron chi connectivity index (χ3n) is 2.65. The number of amides is 2. The smallest absolute Gasteiger partial charge is 0.320 e. The van der Waals surface area contributed by atoms with E-state index in [4.69, 9.17) is 4.84 Å². The van der Waals surface area contributed by atoms with E-state index in [-0.39, 0.29) is 6.03 Å². The predicted molar refractivity (Wildman–Crippen MR) is 78.1 cm³/mol. The number of rotatable bonds is 5. The molecule has 0 aliphatic rings. The molecule has 2 amide bonds. The van der Waals surface area contributed by atoms with Crippen molar-refractivity contribution in [2.24, 2.45) is 0 Å². The van der Waals surface area contributed by atoms with Crippen molar-refractivity contribution in [1.29, 1.82) is 0 Å². The Morgan fingerprint density at radius 2 is 2.15 bits per heavy atom. The van der Waals surface area contributed by atoms with Crippen LogP contribution in [0, 0.1) is 6.92 Å². The summed E-state index contributed by atoms with van der Waals surface area (Å²) in [5.74, 6) is 0. The van der Waals surface area contributed by atoms with E-state index in [1.807, 2.05) is 42.6 Å². The number of aryl methyl sites for hydroxylation is 1. The molecule has 1 heterocycles. The largest absolute Gasteiger partial charge is 0.341 e. The van der Waals surface area contributed by atoms with E-state index in [0.717, 1.165) is 16.3 Å². The Labute approximate surface area is 122 Å². The van der Waals surface area contributed by atoms with E-state index in [0.29, 0.717) is 13.2 Å². The van der Waals surface area contributed by atoms with Gasteiger partial charge < -0.3 is 4.90 Å². The average molecular weight is 291 g/mol. The van der Waals surface area contributed by atoms with Crippen LogP contribution in [-0.2, 0) is 18.0 Å². The highest BCUT2D eigenvalue weighted by Gasteiger charge is 2.10. The van der Waals surface area contributed by atoms with Gasteiger partial charge in [-0.25, -0.2) is 15.3 Å². The number of hydroxylamine groups is 1. The first kappa shape index (κ1) is 14.5. The second-order valence-electron chi connectivity index (χ2n) is 4.40. The molecule has 0 bridgehead atoms. The van der Waals surface area contributed by atoms with Crippen LogP contribution < -0.4 is 5.48 Å². The van der Waals surface area contributed by atoms with Crippen LogP contribution in [-0.4, -0.2) is 23.0 Å². The molecular formula is C14H17N3O2S. The number of thiazole rings is 1. The lowest BCUT2D eigenvalue weighted by molar-refractivity contribution is 0.0381. The van der Waals surface area contributed by atoms with E-state index in [2.05, 4.69) is 10.5 Å². The van der Waals surface area contributed by atoms with Gasteiger partial charge in [0.25, 0.3) is 0 Å². The zero-order valence-corrected chi connectivity index (χ0v) is 12.3. The Morgan fingerprint density at radius 1 is 1.40 bits per heavy atom. The Balaban J connectivity index is 1.74. The molecule has 0 aliphatic heterocycles. The topological polar surface area (TPSA) is 54.5 Å². The van der Waals surface area contributed by atoms with Crippen molar-refractivity contribution in [2.45, 2.75) is 20.1 Å². The highest BCUT2D eigenvalue weighted by atomic mass is 32.1. The van der Waals surface area contributed by atoms with Crippen molar-refractivity contribution in [3.8, 4) is 0 Å². The molecule has 0 aliphatic carbocycles. The zero-order chi connectivity index (χ0) is 14.4. The monoisotopic (exact) mass is 291 g/mol. The maximum atomic E-state index is 11.8. The van der Waals surface area contributed by atoms with Crippen molar-refractivity contribution < 1.29 is 9.63 Å². The summed E-state index contributed by atoms with van der Waals surface area (Å²) in [5.41, 5.74) is 4.31. The minimum atomic E-state index is -0.286. The van der Waals surface area contributed by atoms with Crippen LogP contribution in [0.4, 0.5) is 4.79 Å². The zero-order valence-electron chi connectivity index (χ0n) is 11.5. The lowest BCUT2D eigenvalue weighted by Crippen LogP contribution is -2.36. The summed E-state index contributed by atoms with van der Waals surface area (Å²) in [6.45, 7) is 2.75. The molecule has 106 valence electrons. The molecule has 0 unspecified atom stereocenters. The van der Waals surface area contributed by atoms with Crippen LogP contribution in [0.25, 0.3) is 0 Å². The number of benzene rings is 1. The Morgan fingerprint density at radius 3 is 2.80 bits per heavy atom. The van der Waals surface area contributed by atoms with Crippen LogP contribution >= 0.6 is 11.3 Å². The number of nitrogens with one attached hydrogen (secondary N) is 1. The van der Waals surface area contributed by atoms with Gasteiger partial charge in [-0.2, -0.15) is 0 Å². The number of hydrogen-bond donors (Lipinski definition) is 1. The molecule has 0 fully saturated rings. The van der Waals surface area contributed by atoms with E-state index < -0.39 is 0 Å². The predicted octanol–water partition coefficient (Wildman–Crippen LogP) is 2.72. The van der Waals surface area contributed by atoms with Gasteiger partial charge in [0, 0.05) is 12.4 Å². The van der Waals surface area contributed by atoms with Crippen molar-refractivity contribution in [2.75, 3.05) is 7.05 Å². The molecule has 0 saturated heterocycles. The van der Waals surface area contributed by atoms with Crippen LogP contribution in [0.3, 0.4) is 0 Å². The molecule has 5 nitrogen and oxygen atoms in total. The molecule has 20 heavy (non-hydrogen) atoms. The van der Waals surface area contributed by atoms with Gasteiger partial charge in [-0.05, 0) is 12.5 Å². The second kappa shape index (κ2) is 7.02. The summed E-state index contributed by atoms with van der Waals surface area (Å²) >= 11 is 1.57. The Hall–Kier alpha value is -1.92. The number of aromatic nitrogens is 1. The fraction of sp³-hybridized carbons (Fsp3) is 0.286. The van der Waals surface area contributed by atoms with Crippen molar-refractivity contribution in [1.82, 2.24) is 15.4 Å². The third-order valence-corrected chi connectivity index (χ3v) is 3.48. The number of carbonyl (C=O) groups is 1. The minimum Gasteiger partial charge on any atom is -0.320 e. The molecular weight excluding hydrogens is 274 g/mol. The minimum absolute atomic E-state index is 0.286. The summed E-state index contributed by atoms with van der Waals surface area (Å²) in [6.07, 6.45) is 0. The molecule has 1 aromatic carbocycles. The van der Waals surface area contributed by atoms with E-state index in [9.17, 15) is 4.79 Å². The number of carbonyl (C=O) groups excluding carboxylic acids is 1. The maximum Gasteiger partial charge on any atom is 0.341 e. The van der Waals surface area contributed by atoms with E-state index in [1.165, 1.54) is 4.90 Å². The lowest BCUT2D eigenvalue weighted by Gasteiger charge is -2.16. The maximum absolute atomic E-state index is 11.8. The van der Waals surface area contributed by atoms with Crippen molar-refractivity contribution >= 4 is 17.4 Å². The SMILES string of the molecule is Cc1nc(CN(C)C(=O)NOCc2ccccc2)cs1. The normalized spacial score (nSPS) is 10.3. The van der Waals surface area contributed by atoms with E-state index >= 15 is 0 Å². The van der Waals surface area contributed by atoms with Gasteiger partial charge in [-0.1, -0.05) is 30.3 Å². The van der Waals surface area contributed by atoms with Gasteiger partial charge in [0.2, 0.25) is 0 Å². The van der Waals surface area contributed by atoms with Gasteiger partial charge in [0.05, 0.1) is 23.9 Å². The fourth-order valence-corrected chi connectivity index (χ4v) is 2.23. The van der Waals surface area contributed by atoms with Crippen molar-refractivity contribution in [3.05, 3.63) is 52.0 Å². The first-order valence-corrected chi connectivity index (χ1v) is 7.11. The summed E-state index contributed by atoms with van der Waals surface area (Å²) < 4.78 is 0. The van der Waals surface area contributed by atoms with Gasteiger partial charge in [-0.15, -0.1) is 11.3 Å². The summed E-state index contributed by atoms with van der Waals surface area (Å²) in [7, 11) is 1.70. The summed E-state index contributed by atoms with van der Waals surface area (Å²) in [4.78, 5) is 22.8. The van der Waals surface area contributed by atoms with Crippen LogP contribution in [0.5, 0.6) is 0 Å². The van der Waals surface area contributed by atoms with Gasteiger partial charge in [0.1, 0.15) is 0 Å². The standard InChI is InChI=1S/C14H17N3O2S/c1-11-15-13(10-20-11)8-17(2)14(18)16-19-9-12-6-4-3-5-7-12/h3-7,10H,8-9H2,1-2H3,(H,16,18). The molecule has 1 N–H and O–H groups in total. The fourth-order valence-electron chi connectivity index (χ4n) is 1.63. The Kier molecular flexibility index (Phi) is 5.09. The number of hydrogen-bond acceptors (Lipinski definition) is 4. The molecule has 6 heteroatoms. The molecule has 0 spiro atoms. The number of nitrogens with zero attached hydrogens (tertiary/aromatic N) is 2. The number of urea groups is 1. The summed E-state index contributed by atoms with van der Waals surface area (Å²) in [6, 6.07) is 9.38. The molecule has 0 saturated carbocycles. The van der Waals surface area contributed by atoms with Gasteiger partial charge in [0.15, 0.2) is 0 Å². The lowest BCUT2D eigenvalue weighted by atomic mass is 10.2. The highest BCUT2D eigenvalue weighted by Crippen LogP contribution is 2.09.